The zero-order valence-corrected chi connectivity index (χ0v) is 14.8. The number of hydrogen-bond acceptors (Lipinski definition) is 4. The summed E-state index contributed by atoms with van der Waals surface area (Å²) in [4.78, 5) is 30.3. The van der Waals surface area contributed by atoms with Gasteiger partial charge in [-0.25, -0.2) is 8.78 Å². The lowest BCUT2D eigenvalue weighted by atomic mass is 10.2. The highest BCUT2D eigenvalue weighted by Gasteiger charge is 2.14. The maximum absolute atomic E-state index is 13.3. The van der Waals surface area contributed by atoms with Gasteiger partial charge in [0.2, 0.25) is 0 Å². The van der Waals surface area contributed by atoms with Crippen molar-refractivity contribution in [2.45, 2.75) is 6.61 Å². The summed E-state index contributed by atoms with van der Waals surface area (Å²) in [5.41, 5.74) is -0.109. The standard InChI is InChI=1S/C20H16F2N2O4/c1-27-15-5-2-4-13(10-15)12-28-24-9-3-6-16(20(24)26)19(25)23-14-7-8-17(21)18(22)11-14/h2-11H,12H2,1H3,(H,23,25). The van der Waals surface area contributed by atoms with Crippen LogP contribution in [0.2, 0.25) is 0 Å². The largest absolute Gasteiger partial charge is 0.497 e. The monoisotopic (exact) mass is 386 g/mol. The summed E-state index contributed by atoms with van der Waals surface area (Å²) in [5.74, 6) is -2.26. The van der Waals surface area contributed by atoms with E-state index in [0.29, 0.717) is 5.75 Å². The van der Waals surface area contributed by atoms with E-state index in [0.717, 1.165) is 22.4 Å². The fourth-order valence-electron chi connectivity index (χ4n) is 2.43. The number of amides is 1. The van der Waals surface area contributed by atoms with E-state index >= 15 is 0 Å². The first-order valence-electron chi connectivity index (χ1n) is 8.22. The van der Waals surface area contributed by atoms with Gasteiger partial charge in [-0.2, -0.15) is 4.73 Å². The van der Waals surface area contributed by atoms with Crippen molar-refractivity contribution in [1.29, 1.82) is 0 Å². The van der Waals surface area contributed by atoms with Crippen LogP contribution in [-0.4, -0.2) is 17.7 Å². The van der Waals surface area contributed by atoms with Crippen LogP contribution in [0.15, 0.2) is 65.6 Å². The summed E-state index contributed by atoms with van der Waals surface area (Å²) in [7, 11) is 1.54. The van der Waals surface area contributed by atoms with Crippen molar-refractivity contribution >= 4 is 11.6 Å². The molecule has 1 amide bonds. The number of hydrogen-bond donors (Lipinski definition) is 1. The van der Waals surface area contributed by atoms with Gasteiger partial charge in [0.15, 0.2) is 11.6 Å². The molecule has 0 aliphatic rings. The number of aromatic nitrogens is 1. The lowest BCUT2D eigenvalue weighted by Crippen LogP contribution is -2.32. The van der Waals surface area contributed by atoms with E-state index in [1.807, 2.05) is 0 Å². The molecule has 3 aromatic rings. The highest BCUT2D eigenvalue weighted by atomic mass is 19.2. The molecule has 8 heteroatoms. The van der Waals surface area contributed by atoms with E-state index in [4.69, 9.17) is 9.57 Å². The number of carbonyl (C=O) groups excluding carboxylic acids is 1. The predicted octanol–water partition coefficient (Wildman–Crippen LogP) is 3.02. The maximum atomic E-state index is 13.3. The topological polar surface area (TPSA) is 69.6 Å². The number of nitrogens with one attached hydrogen (secondary N) is 1. The van der Waals surface area contributed by atoms with E-state index in [2.05, 4.69) is 5.32 Å². The van der Waals surface area contributed by atoms with Crippen LogP contribution in [0.3, 0.4) is 0 Å². The van der Waals surface area contributed by atoms with Crippen LogP contribution in [0.5, 0.6) is 5.75 Å². The smallest absolute Gasteiger partial charge is 0.295 e. The Morgan fingerprint density at radius 1 is 1.07 bits per heavy atom. The Kier molecular flexibility index (Phi) is 5.69. The molecule has 1 N–H and O–H groups in total. The highest BCUT2D eigenvalue weighted by Crippen LogP contribution is 2.14. The van der Waals surface area contributed by atoms with Crippen LogP contribution in [0.25, 0.3) is 0 Å². The lowest BCUT2D eigenvalue weighted by molar-refractivity contribution is 0.0862. The minimum atomic E-state index is -1.11. The van der Waals surface area contributed by atoms with Crippen LogP contribution in [0, 0.1) is 11.6 Å². The molecule has 1 heterocycles. The fourth-order valence-corrected chi connectivity index (χ4v) is 2.43. The maximum Gasteiger partial charge on any atom is 0.295 e. The quantitative estimate of drug-likeness (QED) is 0.707. The van der Waals surface area contributed by atoms with Crippen molar-refractivity contribution in [2.24, 2.45) is 0 Å². The first kappa shape index (κ1) is 19.1. The third-order valence-corrected chi connectivity index (χ3v) is 3.84. The second-order valence-electron chi connectivity index (χ2n) is 5.76. The van der Waals surface area contributed by atoms with Crippen LogP contribution in [0.1, 0.15) is 15.9 Å². The molecule has 1 aromatic heterocycles. The lowest BCUT2D eigenvalue weighted by Gasteiger charge is -2.11. The van der Waals surface area contributed by atoms with E-state index < -0.39 is 23.1 Å². The van der Waals surface area contributed by atoms with E-state index in [1.54, 1.807) is 31.4 Å². The summed E-state index contributed by atoms with van der Waals surface area (Å²) in [6, 6.07) is 12.8. The van der Waals surface area contributed by atoms with E-state index in [1.165, 1.54) is 24.4 Å². The third-order valence-electron chi connectivity index (χ3n) is 3.84. The molecule has 0 fully saturated rings. The first-order chi connectivity index (χ1) is 13.5. The molecule has 0 aliphatic heterocycles. The summed E-state index contributed by atoms with van der Waals surface area (Å²) < 4.78 is 32.3. The molecule has 0 bridgehead atoms. The zero-order chi connectivity index (χ0) is 20.1. The second-order valence-corrected chi connectivity index (χ2v) is 5.76. The van der Waals surface area contributed by atoms with E-state index in [9.17, 15) is 18.4 Å². The number of nitrogens with zero attached hydrogens (tertiary/aromatic N) is 1. The van der Waals surface area contributed by atoms with Gasteiger partial charge in [0.1, 0.15) is 17.9 Å². The van der Waals surface area contributed by atoms with Gasteiger partial charge in [0.05, 0.1) is 7.11 Å². The van der Waals surface area contributed by atoms with Crippen molar-refractivity contribution in [2.75, 3.05) is 12.4 Å². The average molecular weight is 386 g/mol. The molecule has 0 aliphatic carbocycles. The van der Waals surface area contributed by atoms with Crippen molar-refractivity contribution in [3.05, 3.63) is 93.9 Å². The summed E-state index contributed by atoms with van der Waals surface area (Å²) in [5, 5.41) is 2.35. The van der Waals surface area contributed by atoms with Crippen molar-refractivity contribution in [3.8, 4) is 5.75 Å². The number of benzene rings is 2. The van der Waals surface area contributed by atoms with Crippen molar-refractivity contribution in [1.82, 2.24) is 4.73 Å². The molecule has 28 heavy (non-hydrogen) atoms. The van der Waals surface area contributed by atoms with Gasteiger partial charge in [0.25, 0.3) is 11.5 Å². The predicted molar refractivity (Wildman–Crippen MR) is 98.3 cm³/mol. The van der Waals surface area contributed by atoms with Crippen LogP contribution < -0.4 is 20.5 Å². The van der Waals surface area contributed by atoms with Gasteiger partial charge in [0, 0.05) is 18.0 Å². The summed E-state index contributed by atoms with van der Waals surface area (Å²) in [6.45, 7) is 0.0748. The Hall–Kier alpha value is -3.68. The molecule has 6 nitrogen and oxygen atoms in total. The second kappa shape index (κ2) is 8.34. The van der Waals surface area contributed by atoms with E-state index in [-0.39, 0.29) is 17.9 Å². The molecule has 3 rings (SSSR count). The third kappa shape index (κ3) is 4.35. The minimum absolute atomic E-state index is 0.0241. The Morgan fingerprint density at radius 2 is 1.89 bits per heavy atom. The Morgan fingerprint density at radius 3 is 2.64 bits per heavy atom. The summed E-state index contributed by atoms with van der Waals surface area (Å²) >= 11 is 0. The van der Waals surface area contributed by atoms with Gasteiger partial charge in [-0.05, 0) is 42.0 Å². The van der Waals surface area contributed by atoms with Gasteiger partial charge >= 0.3 is 0 Å². The molecular formula is C20H16F2N2O4. The molecular weight excluding hydrogens is 370 g/mol. The number of anilines is 1. The molecule has 2 aromatic carbocycles. The Bertz CT molecular complexity index is 1070. The molecule has 0 atom stereocenters. The number of rotatable bonds is 6. The molecule has 0 unspecified atom stereocenters. The number of pyridine rings is 1. The van der Waals surface area contributed by atoms with Gasteiger partial charge < -0.3 is 14.9 Å². The SMILES string of the molecule is COc1cccc(COn2cccc(C(=O)Nc3ccc(F)c(F)c3)c2=O)c1. The normalized spacial score (nSPS) is 10.4. The van der Waals surface area contributed by atoms with Crippen LogP contribution >= 0.6 is 0 Å². The summed E-state index contributed by atoms with van der Waals surface area (Å²) in [6.07, 6.45) is 1.37. The van der Waals surface area contributed by atoms with Gasteiger partial charge in [-0.3, -0.25) is 9.59 Å². The number of methoxy groups -OCH3 is 1. The average Bonchev–Trinajstić information content (AvgIpc) is 2.70. The van der Waals surface area contributed by atoms with Gasteiger partial charge in [-0.1, -0.05) is 12.1 Å². The van der Waals surface area contributed by atoms with Crippen LogP contribution in [0.4, 0.5) is 14.5 Å². The molecule has 0 spiro atoms. The number of carbonyl (C=O) groups is 1. The molecule has 0 saturated carbocycles. The molecule has 144 valence electrons. The molecule has 0 radical (unpaired) electrons. The number of halogens is 2. The van der Waals surface area contributed by atoms with Crippen molar-refractivity contribution in [3.63, 3.8) is 0 Å². The number of ether oxygens (including phenoxy) is 1. The Labute approximate surface area is 158 Å². The van der Waals surface area contributed by atoms with Crippen molar-refractivity contribution < 1.29 is 23.1 Å². The minimum Gasteiger partial charge on any atom is -0.497 e. The zero-order valence-electron chi connectivity index (χ0n) is 14.8. The fraction of sp³-hybridized carbons (Fsp3) is 0.100. The first-order valence-corrected chi connectivity index (χ1v) is 8.22. The Balaban J connectivity index is 1.75. The molecule has 0 saturated heterocycles. The van der Waals surface area contributed by atoms with Crippen LogP contribution in [-0.2, 0) is 6.61 Å². The van der Waals surface area contributed by atoms with Gasteiger partial charge in [-0.15, -0.1) is 0 Å². The highest BCUT2D eigenvalue weighted by molar-refractivity contribution is 6.03.